The Labute approximate surface area is 123 Å². The Kier molecular flexibility index (Phi) is 3.68. The normalized spacial score (nSPS) is 28.2. The SMILES string of the molecule is CC1CNCC1C(=O)N1Cc2ccccc2C[C@H]1C(=O)O. The van der Waals surface area contributed by atoms with Crippen molar-refractivity contribution in [2.24, 2.45) is 11.8 Å². The molecule has 1 fully saturated rings. The maximum atomic E-state index is 12.8. The molecule has 0 bridgehead atoms. The standard InChI is InChI=1S/C16H20N2O3/c1-10-7-17-8-13(10)15(19)18-9-12-5-3-2-4-11(12)6-14(18)16(20)21/h2-5,10,13-14,17H,6-9H2,1H3,(H,20,21)/t10?,13?,14-/m0/s1. The Morgan fingerprint density at radius 3 is 2.57 bits per heavy atom. The molecule has 2 aliphatic rings. The van der Waals surface area contributed by atoms with Crippen LogP contribution < -0.4 is 5.32 Å². The highest BCUT2D eigenvalue weighted by Crippen LogP contribution is 2.27. The summed E-state index contributed by atoms with van der Waals surface area (Å²) in [7, 11) is 0. The predicted octanol–water partition coefficient (Wildman–Crippen LogP) is 0.880. The lowest BCUT2D eigenvalue weighted by Crippen LogP contribution is -2.51. The van der Waals surface area contributed by atoms with Crippen LogP contribution in [0, 0.1) is 11.8 Å². The van der Waals surface area contributed by atoms with Crippen molar-refractivity contribution in [3.8, 4) is 0 Å². The van der Waals surface area contributed by atoms with E-state index in [2.05, 4.69) is 5.32 Å². The van der Waals surface area contributed by atoms with Gasteiger partial charge in [0, 0.05) is 19.5 Å². The third-order valence-corrected chi connectivity index (χ3v) is 4.65. The van der Waals surface area contributed by atoms with Gasteiger partial charge in [0.15, 0.2) is 0 Å². The van der Waals surface area contributed by atoms with Gasteiger partial charge >= 0.3 is 5.97 Å². The highest BCUT2D eigenvalue weighted by atomic mass is 16.4. The van der Waals surface area contributed by atoms with E-state index in [4.69, 9.17) is 0 Å². The van der Waals surface area contributed by atoms with E-state index in [0.717, 1.165) is 17.7 Å². The van der Waals surface area contributed by atoms with Crippen LogP contribution in [0.15, 0.2) is 24.3 Å². The van der Waals surface area contributed by atoms with Gasteiger partial charge in [0.05, 0.1) is 5.92 Å². The maximum absolute atomic E-state index is 12.8. The zero-order valence-electron chi connectivity index (χ0n) is 12.1. The van der Waals surface area contributed by atoms with Crippen molar-refractivity contribution in [3.63, 3.8) is 0 Å². The van der Waals surface area contributed by atoms with Gasteiger partial charge in [-0.2, -0.15) is 0 Å². The molecule has 1 saturated heterocycles. The monoisotopic (exact) mass is 288 g/mol. The topological polar surface area (TPSA) is 69.6 Å². The van der Waals surface area contributed by atoms with Crippen LogP contribution in [0.3, 0.4) is 0 Å². The first-order valence-corrected chi connectivity index (χ1v) is 7.38. The van der Waals surface area contributed by atoms with E-state index in [9.17, 15) is 14.7 Å². The van der Waals surface area contributed by atoms with Gasteiger partial charge in [0.25, 0.3) is 0 Å². The molecule has 0 radical (unpaired) electrons. The molecule has 3 rings (SSSR count). The Morgan fingerprint density at radius 2 is 1.95 bits per heavy atom. The summed E-state index contributed by atoms with van der Waals surface area (Å²) in [6, 6.07) is 7.03. The minimum atomic E-state index is -0.920. The van der Waals surface area contributed by atoms with Crippen molar-refractivity contribution in [1.82, 2.24) is 10.2 Å². The van der Waals surface area contributed by atoms with Gasteiger partial charge in [-0.05, 0) is 23.6 Å². The van der Waals surface area contributed by atoms with E-state index in [1.807, 2.05) is 31.2 Å². The average Bonchev–Trinajstić information content (AvgIpc) is 2.91. The summed E-state index contributed by atoms with van der Waals surface area (Å²) in [5, 5.41) is 12.7. The van der Waals surface area contributed by atoms with Crippen molar-refractivity contribution in [3.05, 3.63) is 35.4 Å². The summed E-state index contributed by atoms with van der Waals surface area (Å²) in [5.41, 5.74) is 2.09. The molecule has 5 nitrogen and oxygen atoms in total. The van der Waals surface area contributed by atoms with Gasteiger partial charge in [0.2, 0.25) is 5.91 Å². The number of nitrogens with one attached hydrogen (secondary N) is 1. The van der Waals surface area contributed by atoms with E-state index >= 15 is 0 Å². The van der Waals surface area contributed by atoms with Crippen molar-refractivity contribution in [2.75, 3.05) is 13.1 Å². The van der Waals surface area contributed by atoms with Crippen molar-refractivity contribution >= 4 is 11.9 Å². The zero-order chi connectivity index (χ0) is 15.0. The molecule has 3 atom stereocenters. The lowest BCUT2D eigenvalue weighted by molar-refractivity contribution is -0.153. The second kappa shape index (κ2) is 5.48. The minimum absolute atomic E-state index is 0.0330. The van der Waals surface area contributed by atoms with Crippen LogP contribution >= 0.6 is 0 Å². The van der Waals surface area contributed by atoms with E-state index in [0.29, 0.717) is 19.5 Å². The number of aliphatic carboxylic acids is 1. The number of carboxylic acids is 1. The number of carboxylic acid groups (broad SMARTS) is 1. The summed E-state index contributed by atoms with van der Waals surface area (Å²) in [4.78, 5) is 25.9. The molecule has 0 aromatic heterocycles. The fraction of sp³-hybridized carbons (Fsp3) is 0.500. The van der Waals surface area contributed by atoms with Crippen LogP contribution in [0.4, 0.5) is 0 Å². The Morgan fingerprint density at radius 1 is 1.24 bits per heavy atom. The smallest absolute Gasteiger partial charge is 0.326 e. The fourth-order valence-corrected chi connectivity index (χ4v) is 3.33. The second-order valence-corrected chi connectivity index (χ2v) is 6.04. The molecule has 2 unspecified atom stereocenters. The highest BCUT2D eigenvalue weighted by molar-refractivity contribution is 5.86. The zero-order valence-corrected chi connectivity index (χ0v) is 12.1. The van der Waals surface area contributed by atoms with Crippen LogP contribution in [0.25, 0.3) is 0 Å². The molecule has 2 N–H and O–H groups in total. The quantitative estimate of drug-likeness (QED) is 0.847. The van der Waals surface area contributed by atoms with Gasteiger partial charge in [0.1, 0.15) is 6.04 Å². The first-order chi connectivity index (χ1) is 10.1. The molecular formula is C16H20N2O3. The molecule has 5 heteroatoms. The van der Waals surface area contributed by atoms with Gasteiger partial charge in [-0.3, -0.25) is 4.79 Å². The van der Waals surface area contributed by atoms with Crippen LogP contribution in [0.5, 0.6) is 0 Å². The van der Waals surface area contributed by atoms with Crippen molar-refractivity contribution < 1.29 is 14.7 Å². The largest absolute Gasteiger partial charge is 0.480 e. The van der Waals surface area contributed by atoms with E-state index in [1.54, 1.807) is 4.90 Å². The van der Waals surface area contributed by atoms with Gasteiger partial charge in [-0.1, -0.05) is 31.2 Å². The third kappa shape index (κ3) is 2.53. The number of carbonyl (C=O) groups is 2. The van der Waals surface area contributed by atoms with Gasteiger partial charge in [-0.25, -0.2) is 4.79 Å². The molecular weight excluding hydrogens is 268 g/mol. The number of benzene rings is 1. The molecule has 1 aromatic rings. The molecule has 1 aromatic carbocycles. The van der Waals surface area contributed by atoms with Crippen molar-refractivity contribution in [2.45, 2.75) is 25.9 Å². The number of carbonyl (C=O) groups excluding carboxylic acids is 1. The average molecular weight is 288 g/mol. The van der Waals surface area contributed by atoms with Crippen LogP contribution in [-0.4, -0.2) is 41.0 Å². The Bertz CT molecular complexity index is 572. The molecule has 112 valence electrons. The lowest BCUT2D eigenvalue weighted by atomic mass is 9.90. The predicted molar refractivity (Wildman–Crippen MR) is 77.6 cm³/mol. The van der Waals surface area contributed by atoms with Gasteiger partial charge in [-0.15, -0.1) is 0 Å². The number of hydrogen-bond donors (Lipinski definition) is 2. The van der Waals surface area contributed by atoms with Crippen LogP contribution in [0.1, 0.15) is 18.1 Å². The van der Waals surface area contributed by atoms with E-state index < -0.39 is 12.0 Å². The number of amides is 1. The van der Waals surface area contributed by atoms with E-state index in [1.165, 1.54) is 0 Å². The minimum Gasteiger partial charge on any atom is -0.480 e. The number of fused-ring (bicyclic) bond motifs is 1. The fourth-order valence-electron chi connectivity index (χ4n) is 3.33. The summed E-state index contributed by atoms with van der Waals surface area (Å²) in [6.45, 7) is 3.90. The summed E-state index contributed by atoms with van der Waals surface area (Å²) >= 11 is 0. The highest BCUT2D eigenvalue weighted by Gasteiger charge is 2.40. The number of nitrogens with zero attached hydrogens (tertiary/aromatic N) is 1. The molecule has 1 amide bonds. The molecule has 2 heterocycles. The second-order valence-electron chi connectivity index (χ2n) is 6.04. The third-order valence-electron chi connectivity index (χ3n) is 4.65. The summed E-state index contributed by atoms with van der Waals surface area (Å²) in [5.74, 6) is -0.813. The molecule has 2 aliphatic heterocycles. The Hall–Kier alpha value is -1.88. The lowest BCUT2D eigenvalue weighted by Gasteiger charge is -2.36. The summed E-state index contributed by atoms with van der Waals surface area (Å²) in [6.07, 6.45) is 0.395. The first kappa shape index (κ1) is 14.1. The van der Waals surface area contributed by atoms with E-state index in [-0.39, 0.29) is 17.7 Å². The van der Waals surface area contributed by atoms with Crippen LogP contribution in [-0.2, 0) is 22.6 Å². The first-order valence-electron chi connectivity index (χ1n) is 7.38. The maximum Gasteiger partial charge on any atom is 0.326 e. The van der Waals surface area contributed by atoms with Crippen LogP contribution in [0.2, 0.25) is 0 Å². The number of hydrogen-bond acceptors (Lipinski definition) is 3. The molecule has 0 aliphatic carbocycles. The van der Waals surface area contributed by atoms with Gasteiger partial charge < -0.3 is 15.3 Å². The Balaban J connectivity index is 1.89. The summed E-state index contributed by atoms with van der Waals surface area (Å²) < 4.78 is 0. The molecule has 21 heavy (non-hydrogen) atoms. The van der Waals surface area contributed by atoms with Crippen molar-refractivity contribution in [1.29, 1.82) is 0 Å². The molecule has 0 spiro atoms. The number of rotatable bonds is 2. The molecule has 0 saturated carbocycles.